The van der Waals surface area contributed by atoms with Gasteiger partial charge in [0.2, 0.25) is 5.91 Å². The van der Waals surface area contributed by atoms with Crippen LogP contribution in [0.4, 0.5) is 0 Å². The molecule has 1 heterocycles. The first kappa shape index (κ1) is 23.9. The van der Waals surface area contributed by atoms with Gasteiger partial charge in [-0.05, 0) is 53.0 Å². The summed E-state index contributed by atoms with van der Waals surface area (Å²) in [6, 6.07) is 0. The quantitative estimate of drug-likeness (QED) is 0.763. The standard InChI is InChI=1S/C17H33N3O2.2ClH/c1-12-9-20(10-13(2)22-12)17(3,4)11-19-16(21)15-7-5-6-14(15)8-18;;/h12-15H,5-11,18H2,1-4H3,(H,19,21);2*1H/t12?,13?,14-,15-;;/m1../s1. The van der Waals surface area contributed by atoms with Gasteiger partial charge in [0.05, 0.1) is 12.2 Å². The number of nitrogens with two attached hydrogens (primary N) is 1. The van der Waals surface area contributed by atoms with Crippen LogP contribution in [0, 0.1) is 11.8 Å². The molecule has 1 aliphatic carbocycles. The molecule has 2 fully saturated rings. The third kappa shape index (κ3) is 6.03. The Bertz CT molecular complexity index is 386. The highest BCUT2D eigenvalue weighted by Gasteiger charge is 2.36. The second-order valence-corrected chi connectivity index (χ2v) is 7.73. The topological polar surface area (TPSA) is 67.6 Å². The zero-order valence-electron chi connectivity index (χ0n) is 15.4. The highest BCUT2D eigenvalue weighted by Crippen LogP contribution is 2.31. The van der Waals surface area contributed by atoms with Crippen molar-refractivity contribution in [1.29, 1.82) is 0 Å². The van der Waals surface area contributed by atoms with Gasteiger partial charge in [-0.1, -0.05) is 6.42 Å². The van der Waals surface area contributed by atoms with Crippen LogP contribution in [-0.4, -0.2) is 54.7 Å². The molecular formula is C17H35Cl2N3O2. The molecule has 1 aliphatic heterocycles. The molecule has 0 spiro atoms. The molecule has 0 radical (unpaired) electrons. The van der Waals surface area contributed by atoms with E-state index < -0.39 is 0 Å². The fourth-order valence-corrected chi connectivity index (χ4v) is 3.88. The number of nitrogens with zero attached hydrogens (tertiary/aromatic N) is 1. The van der Waals surface area contributed by atoms with Crippen LogP contribution >= 0.6 is 24.8 Å². The molecule has 24 heavy (non-hydrogen) atoms. The van der Waals surface area contributed by atoms with Gasteiger partial charge < -0.3 is 15.8 Å². The third-order valence-corrected chi connectivity index (χ3v) is 5.27. The molecule has 0 aromatic carbocycles. The Balaban J connectivity index is 0.00000264. The first-order chi connectivity index (χ1) is 10.3. The van der Waals surface area contributed by atoms with E-state index in [4.69, 9.17) is 10.5 Å². The summed E-state index contributed by atoms with van der Waals surface area (Å²) in [5.41, 5.74) is 5.73. The minimum Gasteiger partial charge on any atom is -0.373 e. The second kappa shape index (κ2) is 10.2. The van der Waals surface area contributed by atoms with Crippen molar-refractivity contribution < 1.29 is 9.53 Å². The lowest BCUT2D eigenvalue weighted by Crippen LogP contribution is -2.59. The number of carbonyl (C=O) groups is 1. The molecule has 2 rings (SSSR count). The average molecular weight is 384 g/mol. The zero-order chi connectivity index (χ0) is 16.3. The van der Waals surface area contributed by atoms with Crippen molar-refractivity contribution in [3.05, 3.63) is 0 Å². The Labute approximate surface area is 159 Å². The van der Waals surface area contributed by atoms with Crippen LogP contribution in [0.25, 0.3) is 0 Å². The summed E-state index contributed by atoms with van der Waals surface area (Å²) >= 11 is 0. The smallest absolute Gasteiger partial charge is 0.223 e. The summed E-state index contributed by atoms with van der Waals surface area (Å²) in [6.07, 6.45) is 3.70. The molecule has 1 amide bonds. The van der Waals surface area contributed by atoms with E-state index >= 15 is 0 Å². The van der Waals surface area contributed by atoms with E-state index in [0.29, 0.717) is 19.0 Å². The van der Waals surface area contributed by atoms with Crippen molar-refractivity contribution in [3.8, 4) is 0 Å². The molecule has 0 aromatic heterocycles. The summed E-state index contributed by atoms with van der Waals surface area (Å²) < 4.78 is 5.80. The first-order valence-electron chi connectivity index (χ1n) is 8.71. The van der Waals surface area contributed by atoms with Crippen molar-refractivity contribution >= 4 is 30.7 Å². The van der Waals surface area contributed by atoms with Crippen LogP contribution in [0.1, 0.15) is 47.0 Å². The Morgan fingerprint density at radius 2 is 1.79 bits per heavy atom. The van der Waals surface area contributed by atoms with Gasteiger partial charge in [0.15, 0.2) is 0 Å². The number of hydrogen-bond acceptors (Lipinski definition) is 4. The van der Waals surface area contributed by atoms with Gasteiger partial charge in [0, 0.05) is 31.1 Å². The summed E-state index contributed by atoms with van der Waals surface area (Å²) in [5.74, 6) is 0.672. The summed E-state index contributed by atoms with van der Waals surface area (Å²) in [4.78, 5) is 14.9. The highest BCUT2D eigenvalue weighted by molar-refractivity contribution is 5.85. The molecule has 0 aromatic rings. The number of rotatable bonds is 5. The number of halogens is 2. The molecule has 2 unspecified atom stereocenters. The molecule has 3 N–H and O–H groups in total. The Morgan fingerprint density at radius 3 is 2.33 bits per heavy atom. The number of nitrogens with one attached hydrogen (secondary N) is 1. The van der Waals surface area contributed by atoms with Crippen LogP contribution in [0.3, 0.4) is 0 Å². The van der Waals surface area contributed by atoms with E-state index in [1.165, 1.54) is 0 Å². The van der Waals surface area contributed by atoms with Gasteiger partial charge in [-0.15, -0.1) is 24.8 Å². The fourth-order valence-electron chi connectivity index (χ4n) is 3.88. The molecule has 7 heteroatoms. The fraction of sp³-hybridized carbons (Fsp3) is 0.941. The van der Waals surface area contributed by atoms with E-state index in [9.17, 15) is 4.79 Å². The summed E-state index contributed by atoms with van der Waals surface area (Å²) in [7, 11) is 0. The first-order valence-corrected chi connectivity index (χ1v) is 8.71. The molecule has 4 atom stereocenters. The number of hydrogen-bond donors (Lipinski definition) is 2. The van der Waals surface area contributed by atoms with Gasteiger partial charge in [0.1, 0.15) is 0 Å². The lowest BCUT2D eigenvalue weighted by Gasteiger charge is -2.45. The minimum absolute atomic E-state index is 0. The van der Waals surface area contributed by atoms with Crippen molar-refractivity contribution in [1.82, 2.24) is 10.2 Å². The normalized spacial score (nSPS) is 31.0. The maximum Gasteiger partial charge on any atom is 0.223 e. The lowest BCUT2D eigenvalue weighted by molar-refractivity contribution is -0.127. The van der Waals surface area contributed by atoms with Gasteiger partial charge in [-0.25, -0.2) is 0 Å². The van der Waals surface area contributed by atoms with Crippen molar-refractivity contribution in [3.63, 3.8) is 0 Å². The monoisotopic (exact) mass is 383 g/mol. The Morgan fingerprint density at radius 1 is 1.21 bits per heavy atom. The number of amides is 1. The van der Waals surface area contributed by atoms with Crippen LogP contribution in [0.2, 0.25) is 0 Å². The van der Waals surface area contributed by atoms with Crippen molar-refractivity contribution in [2.75, 3.05) is 26.2 Å². The van der Waals surface area contributed by atoms with Gasteiger partial charge in [-0.2, -0.15) is 0 Å². The molecule has 0 bridgehead atoms. The molecule has 1 saturated heterocycles. The number of morpholine rings is 1. The minimum atomic E-state index is -0.0568. The van der Waals surface area contributed by atoms with E-state index in [1.54, 1.807) is 0 Å². The second-order valence-electron chi connectivity index (χ2n) is 7.73. The molecular weight excluding hydrogens is 349 g/mol. The van der Waals surface area contributed by atoms with E-state index in [0.717, 1.165) is 32.4 Å². The molecule has 5 nitrogen and oxygen atoms in total. The number of ether oxygens (including phenoxy) is 1. The van der Waals surface area contributed by atoms with Gasteiger partial charge in [-0.3, -0.25) is 9.69 Å². The maximum absolute atomic E-state index is 12.5. The lowest BCUT2D eigenvalue weighted by atomic mass is 9.94. The summed E-state index contributed by atoms with van der Waals surface area (Å²) in [5, 5.41) is 3.18. The molecule has 1 saturated carbocycles. The van der Waals surface area contributed by atoms with Crippen LogP contribution in [-0.2, 0) is 9.53 Å². The zero-order valence-corrected chi connectivity index (χ0v) is 17.0. The third-order valence-electron chi connectivity index (χ3n) is 5.27. The van der Waals surface area contributed by atoms with Crippen LogP contribution in [0.15, 0.2) is 0 Å². The number of carbonyl (C=O) groups excluding carboxylic acids is 1. The summed E-state index contributed by atoms with van der Waals surface area (Å²) in [6.45, 7) is 11.8. The largest absolute Gasteiger partial charge is 0.373 e. The SMILES string of the molecule is CC1CN(C(C)(C)CNC(=O)[C@@H]2CCC[C@@H]2CN)CC(C)O1.Cl.Cl. The Kier molecular flexibility index (Phi) is 10.1. The van der Waals surface area contributed by atoms with Crippen molar-refractivity contribution in [2.24, 2.45) is 17.6 Å². The van der Waals surface area contributed by atoms with E-state index in [-0.39, 0.29) is 54.4 Å². The molecule has 2 aliphatic rings. The average Bonchev–Trinajstić information content (AvgIpc) is 2.92. The van der Waals surface area contributed by atoms with Crippen molar-refractivity contribution in [2.45, 2.75) is 64.7 Å². The highest BCUT2D eigenvalue weighted by atomic mass is 35.5. The Hall–Kier alpha value is -0.0700. The van der Waals surface area contributed by atoms with Crippen LogP contribution in [0.5, 0.6) is 0 Å². The van der Waals surface area contributed by atoms with Gasteiger partial charge in [0.25, 0.3) is 0 Å². The van der Waals surface area contributed by atoms with Crippen LogP contribution < -0.4 is 11.1 Å². The van der Waals surface area contributed by atoms with Gasteiger partial charge >= 0.3 is 0 Å². The predicted molar refractivity (Wildman–Crippen MR) is 103 cm³/mol. The van der Waals surface area contributed by atoms with E-state index in [1.807, 2.05) is 0 Å². The molecule has 144 valence electrons. The van der Waals surface area contributed by atoms with E-state index in [2.05, 4.69) is 37.9 Å². The predicted octanol–water partition coefficient (Wildman–Crippen LogP) is 2.21. The maximum atomic E-state index is 12.5.